The Morgan fingerprint density at radius 3 is 2.69 bits per heavy atom. The summed E-state index contributed by atoms with van der Waals surface area (Å²) < 4.78 is 0.326. The van der Waals surface area contributed by atoms with Crippen molar-refractivity contribution in [2.75, 3.05) is 13.2 Å². The molecule has 0 aliphatic carbocycles. The molecule has 2 rings (SSSR count). The Labute approximate surface area is 104 Å². The molecule has 1 aromatic carbocycles. The van der Waals surface area contributed by atoms with Gasteiger partial charge in [0.1, 0.15) is 17.8 Å². The fraction of sp³-hybridized carbons (Fsp3) is 0.182. The Hall–Kier alpha value is -0.870. The number of rotatable bonds is 3. The summed E-state index contributed by atoms with van der Waals surface area (Å²) in [7, 11) is 0. The summed E-state index contributed by atoms with van der Waals surface area (Å²) in [5.41, 5.74) is 0.859. The molecule has 16 heavy (non-hydrogen) atoms. The summed E-state index contributed by atoms with van der Waals surface area (Å²) in [4.78, 5) is 4.06. The monoisotopic (exact) mass is 257 g/mol. The molecule has 0 aromatic heterocycles. The molecule has 1 atom stereocenters. The van der Waals surface area contributed by atoms with Crippen molar-refractivity contribution in [3.05, 3.63) is 40.6 Å². The second-order valence-corrected chi connectivity index (χ2v) is 4.38. The van der Waals surface area contributed by atoms with E-state index in [0.29, 0.717) is 21.1 Å². The third-order valence-electron chi connectivity index (χ3n) is 2.52. The molecule has 1 unspecified atom stereocenters. The lowest BCUT2D eigenvalue weighted by Gasteiger charge is -2.26. The molecule has 0 bridgehead atoms. The normalized spacial score (nSPS) is 22.9. The van der Waals surface area contributed by atoms with Crippen molar-refractivity contribution in [1.29, 1.82) is 0 Å². The van der Waals surface area contributed by atoms with E-state index in [1.807, 2.05) is 12.3 Å². The number of hydrogen-bond donors (Lipinski definition) is 1. The van der Waals surface area contributed by atoms with E-state index in [0.717, 1.165) is 5.69 Å². The predicted octanol–water partition coefficient (Wildman–Crippen LogP) is 2.81. The van der Waals surface area contributed by atoms with Crippen molar-refractivity contribution in [1.82, 2.24) is 4.48 Å². The summed E-state index contributed by atoms with van der Waals surface area (Å²) in [6, 6.07) is 5.32. The van der Waals surface area contributed by atoms with E-state index in [1.165, 1.54) is 0 Å². The summed E-state index contributed by atoms with van der Waals surface area (Å²) >= 11 is 12.0. The molecule has 0 amide bonds. The maximum absolute atomic E-state index is 9.12. The first-order valence-corrected chi connectivity index (χ1v) is 5.59. The fourth-order valence-corrected chi connectivity index (χ4v) is 2.30. The molecule has 0 saturated carbocycles. The molecule has 1 N–H and O–H groups in total. The topological polar surface area (TPSA) is 32.6 Å². The van der Waals surface area contributed by atoms with Crippen LogP contribution < -0.4 is 4.48 Å². The Kier molecular flexibility index (Phi) is 3.30. The quantitative estimate of drug-likeness (QED) is 0.831. The number of quaternary nitrogens is 1. The number of aliphatic imine (C=N–C) groups is 1. The zero-order valence-electron chi connectivity index (χ0n) is 8.48. The van der Waals surface area contributed by atoms with E-state index in [-0.39, 0.29) is 6.61 Å². The minimum Gasteiger partial charge on any atom is -0.390 e. The number of nitrogens with zero attached hydrogens (tertiary/aromatic N) is 2. The SMILES string of the molecule is OCC[N+]1(c2ccc(Cl)cc2Cl)C=CN=C1. The van der Waals surface area contributed by atoms with Gasteiger partial charge in [0, 0.05) is 11.1 Å². The van der Waals surface area contributed by atoms with E-state index in [2.05, 4.69) is 4.99 Å². The van der Waals surface area contributed by atoms with Crippen LogP contribution in [-0.4, -0.2) is 24.6 Å². The number of aliphatic hydroxyl groups excluding tert-OH is 1. The van der Waals surface area contributed by atoms with Gasteiger partial charge in [-0.15, -0.1) is 0 Å². The van der Waals surface area contributed by atoms with Gasteiger partial charge in [0.05, 0.1) is 12.8 Å². The van der Waals surface area contributed by atoms with E-state index in [9.17, 15) is 0 Å². The van der Waals surface area contributed by atoms with E-state index >= 15 is 0 Å². The first kappa shape index (κ1) is 11.6. The van der Waals surface area contributed by atoms with Gasteiger partial charge in [0.2, 0.25) is 0 Å². The van der Waals surface area contributed by atoms with Gasteiger partial charge >= 0.3 is 0 Å². The summed E-state index contributed by atoms with van der Waals surface area (Å²) in [6.45, 7) is 0.552. The van der Waals surface area contributed by atoms with Crippen LogP contribution in [0.2, 0.25) is 10.0 Å². The van der Waals surface area contributed by atoms with Gasteiger partial charge in [-0.25, -0.2) is 9.48 Å². The number of aliphatic hydroxyl groups is 1. The van der Waals surface area contributed by atoms with Gasteiger partial charge in [-0.2, -0.15) is 0 Å². The van der Waals surface area contributed by atoms with Crippen LogP contribution in [0.5, 0.6) is 0 Å². The molecule has 0 saturated heterocycles. The molecular formula is C11H11Cl2N2O+. The Bertz CT molecular complexity index is 445. The molecule has 0 fully saturated rings. The maximum atomic E-state index is 9.12. The summed E-state index contributed by atoms with van der Waals surface area (Å²) in [5, 5.41) is 10.3. The molecule has 1 aliphatic rings. The lowest BCUT2D eigenvalue weighted by atomic mass is 10.2. The fourth-order valence-electron chi connectivity index (χ4n) is 1.73. The molecular weight excluding hydrogens is 247 g/mol. The van der Waals surface area contributed by atoms with Crippen LogP contribution in [0.4, 0.5) is 5.69 Å². The van der Waals surface area contributed by atoms with Crippen molar-refractivity contribution in [2.24, 2.45) is 4.99 Å². The highest BCUT2D eigenvalue weighted by molar-refractivity contribution is 6.36. The number of halogens is 2. The summed E-state index contributed by atoms with van der Waals surface area (Å²) in [6.07, 6.45) is 5.32. The third kappa shape index (κ3) is 1.99. The average molecular weight is 258 g/mol. The zero-order chi connectivity index (χ0) is 11.6. The van der Waals surface area contributed by atoms with E-state index < -0.39 is 0 Å². The molecule has 1 aliphatic heterocycles. The zero-order valence-corrected chi connectivity index (χ0v) is 9.99. The Morgan fingerprint density at radius 1 is 1.31 bits per heavy atom. The lowest BCUT2D eigenvalue weighted by molar-refractivity contribution is 0.273. The second kappa shape index (κ2) is 4.55. The van der Waals surface area contributed by atoms with Crippen molar-refractivity contribution < 1.29 is 5.11 Å². The van der Waals surface area contributed by atoms with Gasteiger partial charge in [-0.3, -0.25) is 0 Å². The van der Waals surface area contributed by atoms with Crippen LogP contribution in [0.3, 0.4) is 0 Å². The summed E-state index contributed by atoms with van der Waals surface area (Å²) in [5.74, 6) is 0. The van der Waals surface area contributed by atoms with Crippen LogP contribution in [-0.2, 0) is 0 Å². The lowest BCUT2D eigenvalue weighted by Crippen LogP contribution is -2.43. The van der Waals surface area contributed by atoms with Crippen molar-refractivity contribution in [3.63, 3.8) is 0 Å². The largest absolute Gasteiger partial charge is 0.390 e. The van der Waals surface area contributed by atoms with Crippen LogP contribution in [0.25, 0.3) is 0 Å². The molecule has 3 nitrogen and oxygen atoms in total. The minimum atomic E-state index is 0.0509. The van der Waals surface area contributed by atoms with Crippen LogP contribution in [0.15, 0.2) is 35.6 Å². The van der Waals surface area contributed by atoms with Gasteiger partial charge < -0.3 is 5.11 Å². The first-order valence-electron chi connectivity index (χ1n) is 4.84. The number of benzene rings is 1. The Morgan fingerprint density at radius 2 is 2.12 bits per heavy atom. The van der Waals surface area contributed by atoms with Gasteiger partial charge in [-0.1, -0.05) is 23.2 Å². The van der Waals surface area contributed by atoms with Crippen molar-refractivity contribution >= 4 is 35.2 Å². The molecule has 5 heteroatoms. The molecule has 1 heterocycles. The third-order valence-corrected chi connectivity index (χ3v) is 3.06. The molecule has 0 radical (unpaired) electrons. The first-order chi connectivity index (χ1) is 7.68. The highest BCUT2D eigenvalue weighted by Gasteiger charge is 2.31. The van der Waals surface area contributed by atoms with Crippen molar-refractivity contribution in [2.45, 2.75) is 0 Å². The highest BCUT2D eigenvalue weighted by atomic mass is 35.5. The highest BCUT2D eigenvalue weighted by Crippen LogP contribution is 2.34. The van der Waals surface area contributed by atoms with E-state index in [4.69, 9.17) is 28.3 Å². The smallest absolute Gasteiger partial charge is 0.200 e. The molecule has 1 aromatic rings. The Balaban J connectivity index is 2.48. The van der Waals surface area contributed by atoms with Gasteiger partial charge in [0.15, 0.2) is 12.0 Å². The molecule has 84 valence electrons. The van der Waals surface area contributed by atoms with Crippen LogP contribution >= 0.6 is 23.2 Å². The number of hydrogen-bond acceptors (Lipinski definition) is 2. The maximum Gasteiger partial charge on any atom is 0.200 e. The van der Waals surface area contributed by atoms with Crippen LogP contribution in [0.1, 0.15) is 0 Å². The van der Waals surface area contributed by atoms with Crippen LogP contribution in [0, 0.1) is 0 Å². The average Bonchev–Trinajstić information content (AvgIpc) is 2.67. The second-order valence-electron chi connectivity index (χ2n) is 3.54. The minimum absolute atomic E-state index is 0.0509. The predicted molar refractivity (Wildman–Crippen MR) is 67.8 cm³/mol. The van der Waals surface area contributed by atoms with Gasteiger partial charge in [-0.05, 0) is 12.1 Å². The standard InChI is InChI=1S/C11H11Cl2N2O/c12-9-1-2-11(10(13)7-9)15(5-6-16)4-3-14-8-15/h1-4,7-8,16H,5-6H2/q+1. The molecule has 0 spiro atoms. The van der Waals surface area contributed by atoms with E-state index in [1.54, 1.807) is 24.7 Å². The van der Waals surface area contributed by atoms with Gasteiger partial charge in [0.25, 0.3) is 0 Å². The van der Waals surface area contributed by atoms with Crippen molar-refractivity contribution in [3.8, 4) is 0 Å².